The Morgan fingerprint density at radius 2 is 1.76 bits per heavy atom. The predicted octanol–water partition coefficient (Wildman–Crippen LogP) is 5.35. The van der Waals surface area contributed by atoms with Crippen LogP contribution < -0.4 is 4.74 Å². The summed E-state index contributed by atoms with van der Waals surface area (Å²) in [6, 6.07) is 15.6. The SMILES string of the molecule is O=Cc1ccc(Oc2ccc3ccccc3c2Br)c(F)c1. The van der Waals surface area contributed by atoms with Crippen molar-refractivity contribution in [3.05, 3.63) is 70.5 Å². The van der Waals surface area contributed by atoms with Crippen molar-refractivity contribution in [2.45, 2.75) is 0 Å². The van der Waals surface area contributed by atoms with Crippen LogP contribution in [0.4, 0.5) is 4.39 Å². The fourth-order valence-electron chi connectivity index (χ4n) is 2.08. The zero-order valence-corrected chi connectivity index (χ0v) is 12.4. The zero-order chi connectivity index (χ0) is 14.8. The molecule has 2 nitrogen and oxygen atoms in total. The van der Waals surface area contributed by atoms with Crippen LogP contribution >= 0.6 is 15.9 Å². The van der Waals surface area contributed by atoms with Crippen LogP contribution in [0.15, 0.2) is 59.1 Å². The first kappa shape index (κ1) is 13.8. The van der Waals surface area contributed by atoms with Gasteiger partial charge in [-0.15, -0.1) is 0 Å². The van der Waals surface area contributed by atoms with Crippen LogP contribution in [-0.2, 0) is 0 Å². The van der Waals surface area contributed by atoms with E-state index in [1.165, 1.54) is 12.1 Å². The lowest BCUT2D eigenvalue weighted by molar-refractivity contribution is 0.112. The maximum atomic E-state index is 13.9. The normalized spacial score (nSPS) is 10.6. The van der Waals surface area contributed by atoms with E-state index >= 15 is 0 Å². The maximum Gasteiger partial charge on any atom is 0.166 e. The minimum Gasteiger partial charge on any atom is -0.453 e. The van der Waals surface area contributed by atoms with Crippen LogP contribution in [-0.4, -0.2) is 6.29 Å². The van der Waals surface area contributed by atoms with Gasteiger partial charge in [-0.25, -0.2) is 4.39 Å². The van der Waals surface area contributed by atoms with Gasteiger partial charge in [0.1, 0.15) is 12.0 Å². The van der Waals surface area contributed by atoms with Gasteiger partial charge in [-0.05, 0) is 51.0 Å². The molecule has 0 spiro atoms. The zero-order valence-electron chi connectivity index (χ0n) is 10.8. The Labute approximate surface area is 129 Å². The molecule has 0 atom stereocenters. The molecule has 4 heteroatoms. The Kier molecular flexibility index (Phi) is 3.71. The second kappa shape index (κ2) is 5.66. The smallest absolute Gasteiger partial charge is 0.166 e. The molecular formula is C17H10BrFO2. The standard InChI is InChI=1S/C17H10BrFO2/c18-17-13-4-2-1-3-12(13)6-8-16(17)21-15-7-5-11(10-20)9-14(15)19/h1-10H. The molecule has 0 saturated carbocycles. The van der Waals surface area contributed by atoms with Crippen LogP contribution in [0.5, 0.6) is 11.5 Å². The molecule has 3 aromatic rings. The lowest BCUT2D eigenvalue weighted by atomic mass is 10.1. The molecule has 104 valence electrons. The molecule has 3 rings (SSSR count). The second-order valence-electron chi connectivity index (χ2n) is 4.51. The van der Waals surface area contributed by atoms with E-state index in [2.05, 4.69) is 15.9 Å². The first-order valence-electron chi connectivity index (χ1n) is 6.29. The molecule has 0 bridgehead atoms. The van der Waals surface area contributed by atoms with E-state index in [1.54, 1.807) is 6.07 Å². The van der Waals surface area contributed by atoms with Gasteiger partial charge >= 0.3 is 0 Å². The van der Waals surface area contributed by atoms with E-state index in [0.717, 1.165) is 21.3 Å². The van der Waals surface area contributed by atoms with E-state index in [1.807, 2.05) is 30.3 Å². The number of aldehydes is 1. The lowest BCUT2D eigenvalue weighted by Gasteiger charge is -2.11. The highest BCUT2D eigenvalue weighted by Gasteiger charge is 2.10. The lowest BCUT2D eigenvalue weighted by Crippen LogP contribution is -1.91. The molecule has 0 heterocycles. The Hall–Kier alpha value is -2.20. The van der Waals surface area contributed by atoms with Crippen LogP contribution in [0.3, 0.4) is 0 Å². The molecule has 3 aromatic carbocycles. The number of rotatable bonds is 3. The molecule has 0 radical (unpaired) electrons. The van der Waals surface area contributed by atoms with Gasteiger partial charge in [-0.3, -0.25) is 4.79 Å². The average molecular weight is 345 g/mol. The number of carbonyl (C=O) groups excluding carboxylic acids is 1. The predicted molar refractivity (Wildman–Crippen MR) is 83.5 cm³/mol. The minimum absolute atomic E-state index is 0.0802. The summed E-state index contributed by atoms with van der Waals surface area (Å²) in [5.74, 6) is 0.0303. The van der Waals surface area contributed by atoms with Crippen molar-refractivity contribution in [1.29, 1.82) is 0 Å². The summed E-state index contributed by atoms with van der Waals surface area (Å²) in [7, 11) is 0. The van der Waals surface area contributed by atoms with E-state index in [4.69, 9.17) is 4.74 Å². The van der Waals surface area contributed by atoms with E-state index in [-0.39, 0.29) is 11.3 Å². The molecule has 0 aliphatic carbocycles. The van der Waals surface area contributed by atoms with Gasteiger partial charge in [0.2, 0.25) is 0 Å². The molecule has 21 heavy (non-hydrogen) atoms. The molecule has 0 amide bonds. The van der Waals surface area contributed by atoms with Crippen LogP contribution in [0.1, 0.15) is 10.4 Å². The highest BCUT2D eigenvalue weighted by molar-refractivity contribution is 9.10. The first-order chi connectivity index (χ1) is 10.2. The van der Waals surface area contributed by atoms with E-state index in [0.29, 0.717) is 12.0 Å². The first-order valence-corrected chi connectivity index (χ1v) is 7.08. The Morgan fingerprint density at radius 1 is 1.00 bits per heavy atom. The fraction of sp³-hybridized carbons (Fsp3) is 0. The molecule has 0 aromatic heterocycles. The second-order valence-corrected chi connectivity index (χ2v) is 5.30. The maximum absolute atomic E-state index is 13.9. The number of halogens is 2. The van der Waals surface area contributed by atoms with Gasteiger partial charge in [-0.2, -0.15) is 0 Å². The summed E-state index contributed by atoms with van der Waals surface area (Å²) in [5, 5.41) is 2.05. The van der Waals surface area contributed by atoms with Crippen LogP contribution in [0.25, 0.3) is 10.8 Å². The minimum atomic E-state index is -0.570. The highest BCUT2D eigenvalue weighted by Crippen LogP contribution is 2.36. The molecule has 0 saturated heterocycles. The fourth-order valence-corrected chi connectivity index (χ4v) is 2.66. The number of carbonyl (C=O) groups is 1. The number of hydrogen-bond donors (Lipinski definition) is 0. The number of fused-ring (bicyclic) bond motifs is 1. The third-order valence-corrected chi connectivity index (χ3v) is 3.96. The highest BCUT2D eigenvalue weighted by atomic mass is 79.9. The number of ether oxygens (including phenoxy) is 1. The summed E-state index contributed by atoms with van der Waals surface area (Å²) in [5.41, 5.74) is 0.275. The van der Waals surface area contributed by atoms with Crippen molar-refractivity contribution in [2.75, 3.05) is 0 Å². The average Bonchev–Trinajstić information content (AvgIpc) is 2.52. The summed E-state index contributed by atoms with van der Waals surface area (Å²) in [4.78, 5) is 10.6. The number of benzene rings is 3. The van der Waals surface area contributed by atoms with Gasteiger partial charge < -0.3 is 4.74 Å². The molecule has 0 aliphatic rings. The van der Waals surface area contributed by atoms with Crippen molar-refractivity contribution in [3.8, 4) is 11.5 Å². The molecular weight excluding hydrogens is 335 g/mol. The molecule has 0 unspecified atom stereocenters. The molecule has 0 N–H and O–H groups in total. The summed E-state index contributed by atoms with van der Waals surface area (Å²) in [6.45, 7) is 0. The summed E-state index contributed by atoms with van der Waals surface area (Å²) >= 11 is 3.49. The van der Waals surface area contributed by atoms with Crippen LogP contribution in [0.2, 0.25) is 0 Å². The Balaban J connectivity index is 2.02. The van der Waals surface area contributed by atoms with E-state index < -0.39 is 5.82 Å². The molecule has 0 aliphatic heterocycles. The van der Waals surface area contributed by atoms with Gasteiger partial charge in [0.15, 0.2) is 11.6 Å². The largest absolute Gasteiger partial charge is 0.453 e. The van der Waals surface area contributed by atoms with Crippen molar-refractivity contribution < 1.29 is 13.9 Å². The van der Waals surface area contributed by atoms with Crippen molar-refractivity contribution in [3.63, 3.8) is 0 Å². The summed E-state index contributed by atoms with van der Waals surface area (Å²) < 4.78 is 20.2. The monoisotopic (exact) mass is 344 g/mol. The quantitative estimate of drug-likeness (QED) is 0.599. The summed E-state index contributed by atoms with van der Waals surface area (Å²) in [6.07, 6.45) is 0.596. The van der Waals surface area contributed by atoms with Gasteiger partial charge in [-0.1, -0.05) is 30.3 Å². The molecule has 0 fully saturated rings. The van der Waals surface area contributed by atoms with Crippen molar-refractivity contribution in [2.24, 2.45) is 0 Å². The third kappa shape index (κ3) is 2.67. The van der Waals surface area contributed by atoms with E-state index in [9.17, 15) is 9.18 Å². The van der Waals surface area contributed by atoms with Crippen molar-refractivity contribution in [1.82, 2.24) is 0 Å². The van der Waals surface area contributed by atoms with Gasteiger partial charge in [0.25, 0.3) is 0 Å². The third-order valence-electron chi connectivity index (χ3n) is 3.14. The number of hydrogen-bond acceptors (Lipinski definition) is 2. The topological polar surface area (TPSA) is 26.3 Å². The Morgan fingerprint density at radius 3 is 2.52 bits per heavy atom. The Bertz CT molecular complexity index is 830. The van der Waals surface area contributed by atoms with Gasteiger partial charge in [0, 0.05) is 5.56 Å². The van der Waals surface area contributed by atoms with Crippen LogP contribution in [0, 0.1) is 5.82 Å². The van der Waals surface area contributed by atoms with Crippen molar-refractivity contribution >= 4 is 33.0 Å². The van der Waals surface area contributed by atoms with Gasteiger partial charge in [0.05, 0.1) is 4.47 Å².